The third-order valence-corrected chi connectivity index (χ3v) is 5.84. The molecule has 10 nitrogen and oxygen atoms in total. The van der Waals surface area contributed by atoms with Crippen LogP contribution in [0.15, 0.2) is 42.9 Å². The Bertz CT molecular complexity index is 1190. The van der Waals surface area contributed by atoms with Crippen LogP contribution >= 0.6 is 0 Å². The maximum absolute atomic E-state index is 14.7. The molecule has 1 aromatic carbocycles. The van der Waals surface area contributed by atoms with E-state index in [0.29, 0.717) is 24.5 Å². The fraction of sp³-hybridized carbons (Fsp3) is 0.348. The highest BCUT2D eigenvalue weighted by Crippen LogP contribution is 2.29. The Labute approximate surface area is 195 Å². The highest BCUT2D eigenvalue weighted by Gasteiger charge is 2.33. The van der Waals surface area contributed by atoms with E-state index in [9.17, 15) is 14.0 Å². The number of esters is 1. The van der Waals surface area contributed by atoms with Gasteiger partial charge in [0, 0.05) is 24.8 Å². The average molecular weight is 468 g/mol. The molecule has 11 heteroatoms. The molecular formula is C23H25FN6O4. The summed E-state index contributed by atoms with van der Waals surface area (Å²) in [7, 11) is 2.74. The van der Waals surface area contributed by atoms with E-state index in [-0.39, 0.29) is 34.8 Å². The van der Waals surface area contributed by atoms with E-state index in [1.165, 1.54) is 44.9 Å². The summed E-state index contributed by atoms with van der Waals surface area (Å²) in [6, 6.07) is 5.61. The van der Waals surface area contributed by atoms with Crippen LogP contribution < -0.4 is 10.1 Å². The van der Waals surface area contributed by atoms with Gasteiger partial charge in [-0.15, -0.1) is 4.80 Å². The van der Waals surface area contributed by atoms with Gasteiger partial charge in [0.05, 0.1) is 32.2 Å². The van der Waals surface area contributed by atoms with Crippen molar-refractivity contribution in [2.24, 2.45) is 0 Å². The van der Waals surface area contributed by atoms with Gasteiger partial charge < -0.3 is 19.7 Å². The number of pyridine rings is 1. The van der Waals surface area contributed by atoms with Gasteiger partial charge in [-0.1, -0.05) is 6.07 Å². The predicted molar refractivity (Wildman–Crippen MR) is 121 cm³/mol. The van der Waals surface area contributed by atoms with Crippen LogP contribution in [0.1, 0.15) is 40.5 Å². The standard InChI is InChI=1S/C23H25FN6O4/c1-14-7-8-15(28-21-19(23(32)34-3)18(33-2)9-10-25-21)13-29(14)22(31)16-5-4-6-17(24)20(16)30-26-11-12-27-30/h4-6,9-12,14-15H,7-8,13H2,1-3H3,(H,25,28). The number of methoxy groups -OCH3 is 2. The van der Waals surface area contributed by atoms with Gasteiger partial charge in [-0.25, -0.2) is 14.2 Å². The van der Waals surface area contributed by atoms with Crippen LogP contribution in [0.4, 0.5) is 10.2 Å². The number of amides is 1. The molecule has 1 aliphatic rings. The lowest BCUT2D eigenvalue weighted by molar-refractivity contribution is 0.0591. The zero-order valence-electron chi connectivity index (χ0n) is 19.1. The van der Waals surface area contributed by atoms with Gasteiger partial charge in [-0.2, -0.15) is 10.2 Å². The number of nitrogens with one attached hydrogen (secondary N) is 1. The van der Waals surface area contributed by atoms with Crippen molar-refractivity contribution < 1.29 is 23.5 Å². The quantitative estimate of drug-likeness (QED) is 0.550. The van der Waals surface area contributed by atoms with Crippen LogP contribution in [0, 0.1) is 5.82 Å². The predicted octanol–water partition coefficient (Wildman–Crippen LogP) is 2.70. The van der Waals surface area contributed by atoms with Crippen LogP contribution in [-0.2, 0) is 4.74 Å². The van der Waals surface area contributed by atoms with Crippen LogP contribution in [0.25, 0.3) is 5.69 Å². The van der Waals surface area contributed by atoms with Gasteiger partial charge in [0.25, 0.3) is 5.91 Å². The van der Waals surface area contributed by atoms with Crippen LogP contribution in [0.3, 0.4) is 0 Å². The maximum atomic E-state index is 14.7. The number of ether oxygens (including phenoxy) is 2. The summed E-state index contributed by atoms with van der Waals surface area (Å²) in [4.78, 5) is 33.0. The molecule has 4 rings (SSSR count). The Kier molecular flexibility index (Phi) is 6.71. The van der Waals surface area contributed by atoms with E-state index in [1.54, 1.807) is 17.0 Å². The lowest BCUT2D eigenvalue weighted by Crippen LogP contribution is -2.50. The van der Waals surface area contributed by atoms with Crippen LogP contribution in [0.2, 0.25) is 0 Å². The molecule has 0 spiro atoms. The Morgan fingerprint density at radius 1 is 1.12 bits per heavy atom. The summed E-state index contributed by atoms with van der Waals surface area (Å²) >= 11 is 0. The first-order chi connectivity index (χ1) is 16.4. The van der Waals surface area contributed by atoms with Crippen molar-refractivity contribution in [3.05, 3.63) is 59.8 Å². The number of carbonyl (C=O) groups excluding carboxylic acids is 2. The lowest BCUT2D eigenvalue weighted by Gasteiger charge is -2.39. The van der Waals surface area contributed by atoms with Crippen molar-refractivity contribution in [3.8, 4) is 11.4 Å². The second-order valence-corrected chi connectivity index (χ2v) is 7.91. The van der Waals surface area contributed by atoms with Crippen molar-refractivity contribution in [2.45, 2.75) is 31.8 Å². The van der Waals surface area contributed by atoms with E-state index < -0.39 is 11.8 Å². The highest BCUT2D eigenvalue weighted by atomic mass is 19.1. The summed E-state index contributed by atoms with van der Waals surface area (Å²) in [5.74, 6) is -0.870. The van der Waals surface area contributed by atoms with Gasteiger partial charge in [0.15, 0.2) is 5.82 Å². The lowest BCUT2D eigenvalue weighted by atomic mass is 9.97. The topological polar surface area (TPSA) is 111 Å². The Hall–Kier alpha value is -4.02. The number of aromatic nitrogens is 4. The Balaban J connectivity index is 1.61. The van der Waals surface area contributed by atoms with Gasteiger partial charge in [-0.3, -0.25) is 4.79 Å². The molecule has 34 heavy (non-hydrogen) atoms. The number of para-hydroxylation sites is 1. The molecule has 3 aromatic rings. The minimum atomic E-state index is -0.593. The average Bonchev–Trinajstić information content (AvgIpc) is 3.38. The Morgan fingerprint density at radius 3 is 2.59 bits per heavy atom. The second-order valence-electron chi connectivity index (χ2n) is 7.91. The molecule has 3 heterocycles. The first-order valence-corrected chi connectivity index (χ1v) is 10.8. The molecule has 0 saturated carbocycles. The van der Waals surface area contributed by atoms with Gasteiger partial charge in [0.2, 0.25) is 0 Å². The number of rotatable bonds is 6. The first kappa shape index (κ1) is 23.1. The van der Waals surface area contributed by atoms with Crippen LogP contribution in [-0.4, -0.2) is 69.6 Å². The summed E-state index contributed by atoms with van der Waals surface area (Å²) in [5, 5.41) is 11.2. The number of carbonyl (C=O) groups is 2. The van der Waals surface area contributed by atoms with Gasteiger partial charge >= 0.3 is 5.97 Å². The van der Waals surface area contributed by atoms with Gasteiger partial charge in [-0.05, 0) is 38.0 Å². The largest absolute Gasteiger partial charge is 0.496 e. The number of benzene rings is 1. The number of hydrogen-bond donors (Lipinski definition) is 1. The molecule has 0 bridgehead atoms. The minimum absolute atomic E-state index is 0.00206. The zero-order valence-corrected chi connectivity index (χ0v) is 19.1. The fourth-order valence-electron chi connectivity index (χ4n) is 4.10. The monoisotopic (exact) mass is 468 g/mol. The number of hydrogen-bond acceptors (Lipinski definition) is 8. The molecule has 1 amide bonds. The third-order valence-electron chi connectivity index (χ3n) is 5.84. The van der Waals surface area contributed by atoms with Crippen molar-refractivity contribution in [1.82, 2.24) is 24.9 Å². The van der Waals surface area contributed by atoms with E-state index in [0.717, 1.165) is 11.2 Å². The summed E-state index contributed by atoms with van der Waals surface area (Å²) in [6.45, 7) is 2.27. The molecule has 0 aliphatic carbocycles. The van der Waals surface area contributed by atoms with E-state index >= 15 is 0 Å². The highest BCUT2D eigenvalue weighted by molar-refractivity contribution is 5.98. The summed E-state index contributed by atoms with van der Waals surface area (Å²) in [6.07, 6.45) is 5.80. The molecule has 1 N–H and O–H groups in total. The Morgan fingerprint density at radius 2 is 1.88 bits per heavy atom. The van der Waals surface area contributed by atoms with Crippen molar-refractivity contribution in [1.29, 1.82) is 0 Å². The van der Waals surface area contributed by atoms with Crippen molar-refractivity contribution in [2.75, 3.05) is 26.1 Å². The molecule has 2 atom stereocenters. The SMILES string of the molecule is COC(=O)c1c(OC)ccnc1NC1CCC(C)N(C(=O)c2cccc(F)c2-n2nccn2)C1. The van der Waals surface area contributed by atoms with Crippen molar-refractivity contribution in [3.63, 3.8) is 0 Å². The third kappa shape index (κ3) is 4.41. The summed E-state index contributed by atoms with van der Waals surface area (Å²) < 4.78 is 24.9. The number of anilines is 1. The minimum Gasteiger partial charge on any atom is -0.496 e. The first-order valence-electron chi connectivity index (χ1n) is 10.8. The normalized spacial score (nSPS) is 17.8. The fourth-order valence-corrected chi connectivity index (χ4v) is 4.10. The van der Waals surface area contributed by atoms with Crippen LogP contribution in [0.5, 0.6) is 5.75 Å². The molecular weight excluding hydrogens is 443 g/mol. The van der Waals surface area contributed by atoms with Crippen molar-refractivity contribution >= 4 is 17.7 Å². The number of nitrogens with zero attached hydrogens (tertiary/aromatic N) is 5. The zero-order chi connectivity index (χ0) is 24.2. The smallest absolute Gasteiger partial charge is 0.345 e. The molecule has 1 aliphatic heterocycles. The molecule has 178 valence electrons. The molecule has 2 aromatic heterocycles. The van der Waals surface area contributed by atoms with E-state index in [2.05, 4.69) is 20.5 Å². The molecule has 1 saturated heterocycles. The molecule has 0 radical (unpaired) electrons. The summed E-state index contributed by atoms with van der Waals surface area (Å²) in [5.41, 5.74) is 0.349. The van der Waals surface area contributed by atoms with E-state index in [4.69, 9.17) is 9.47 Å². The van der Waals surface area contributed by atoms with E-state index in [1.807, 2.05) is 6.92 Å². The second kappa shape index (κ2) is 9.86. The number of piperidine rings is 1. The number of halogens is 1. The number of likely N-dealkylation sites (tertiary alicyclic amines) is 1. The maximum Gasteiger partial charge on any atom is 0.345 e. The molecule has 1 fully saturated rings. The molecule has 2 unspecified atom stereocenters. The van der Waals surface area contributed by atoms with Gasteiger partial charge in [0.1, 0.15) is 22.8 Å².